The predicted molar refractivity (Wildman–Crippen MR) is 104 cm³/mol. The maximum absolute atomic E-state index is 11.9. The highest BCUT2D eigenvalue weighted by atomic mass is 31.3. The van der Waals surface area contributed by atoms with Gasteiger partial charge in [-0.1, -0.05) is 0 Å². The summed E-state index contributed by atoms with van der Waals surface area (Å²) in [6.07, 6.45) is -2.45. The van der Waals surface area contributed by atoms with Gasteiger partial charge in [0.05, 0.1) is 12.9 Å². The first-order chi connectivity index (χ1) is 14.6. The first kappa shape index (κ1) is 26.9. The average molecular weight is 523 g/mol. The number of nitrogens with one attached hydrogen (secondary N) is 1. The maximum Gasteiger partial charge on any atom is 0.479 e. The van der Waals surface area contributed by atoms with Crippen molar-refractivity contribution in [3.8, 4) is 0 Å². The molecule has 32 heavy (non-hydrogen) atoms. The Balaban J connectivity index is 2.18. The van der Waals surface area contributed by atoms with Crippen molar-refractivity contribution in [2.24, 2.45) is 0 Å². The Morgan fingerprint density at radius 1 is 1.34 bits per heavy atom. The topological polar surface area (TPSA) is 282 Å². The van der Waals surface area contributed by atoms with Crippen LogP contribution < -0.4 is 11.3 Å². The van der Waals surface area contributed by atoms with Gasteiger partial charge in [0.15, 0.2) is 16.9 Å². The summed E-state index contributed by atoms with van der Waals surface area (Å²) >= 11 is 0. The fourth-order valence-electron chi connectivity index (χ4n) is 2.43. The lowest BCUT2D eigenvalue weighted by molar-refractivity contribution is -0.173. The molecule has 0 aliphatic carbocycles. The number of H-pyrrole nitrogens is 1. The number of hydrogen-bond donors (Lipinski definition) is 8. The predicted octanol–water partition coefficient (Wildman–Crippen LogP) is -1.80. The average Bonchev–Trinajstić information content (AvgIpc) is 3.04. The summed E-state index contributed by atoms with van der Waals surface area (Å²) in [6, 6.07) is 0. The van der Waals surface area contributed by atoms with Crippen LogP contribution in [0.4, 0.5) is 5.95 Å². The van der Waals surface area contributed by atoms with Crippen molar-refractivity contribution in [3.63, 3.8) is 0 Å². The Hall–Kier alpha value is -1.36. The van der Waals surface area contributed by atoms with Gasteiger partial charge >= 0.3 is 24.2 Å². The zero-order valence-corrected chi connectivity index (χ0v) is 18.9. The van der Waals surface area contributed by atoms with E-state index in [-0.39, 0.29) is 17.1 Å². The van der Waals surface area contributed by atoms with Crippen molar-refractivity contribution in [1.82, 2.24) is 19.5 Å². The number of nitrogens with zero attached hydrogens (tertiary/aromatic N) is 3. The highest BCUT2D eigenvalue weighted by molar-refractivity contribution is 7.63. The molecule has 18 nitrogen and oxygen atoms in total. The molecule has 2 aromatic heterocycles. The number of aliphatic hydroxyl groups excluding tert-OH is 1. The number of aromatic amines is 1. The Morgan fingerprint density at radius 2 is 1.97 bits per heavy atom. The smallest absolute Gasteiger partial charge is 0.385 e. The molecule has 0 saturated carbocycles. The number of anilines is 1. The molecule has 0 aromatic carbocycles. The number of hydrogen-bond acceptors (Lipinski definition) is 13. The summed E-state index contributed by atoms with van der Waals surface area (Å²) in [7, 11) is -12.8. The van der Waals surface area contributed by atoms with E-state index in [1.165, 1.54) is 0 Å². The van der Waals surface area contributed by atoms with E-state index in [1.54, 1.807) is 0 Å². The number of aromatic nitrogens is 4. The minimum atomic E-state index is -5.22. The lowest BCUT2D eigenvalue weighted by atomic mass is 10.0. The molecule has 2 aromatic rings. The minimum Gasteiger partial charge on any atom is -0.385 e. The second kappa shape index (κ2) is 9.87. The maximum atomic E-state index is 11.9. The van der Waals surface area contributed by atoms with Gasteiger partial charge in [0.25, 0.3) is 5.56 Å². The summed E-state index contributed by atoms with van der Waals surface area (Å²) < 4.78 is 40.6. The minimum absolute atomic E-state index is 0.192. The third-order valence-electron chi connectivity index (χ3n) is 3.88. The Morgan fingerprint density at radius 3 is 2.53 bits per heavy atom. The molecule has 2 rings (SSSR count). The fraction of sp³-hybridized carbons (Fsp3) is 0.545. The summed E-state index contributed by atoms with van der Waals surface area (Å²) in [5.74, 6) is -0.294. The van der Waals surface area contributed by atoms with Crippen LogP contribution in [0.5, 0.6) is 0 Å². The second-order valence-electron chi connectivity index (χ2n) is 6.21. The molecule has 5 atom stereocenters. The first-order valence-electron chi connectivity index (χ1n) is 8.15. The van der Waals surface area contributed by atoms with E-state index in [2.05, 4.69) is 28.1 Å². The highest BCUT2D eigenvalue weighted by Gasteiger charge is 2.42. The van der Waals surface area contributed by atoms with Gasteiger partial charge < -0.3 is 40.3 Å². The molecular formula is C11H20N5O13P3. The zero-order valence-electron chi connectivity index (χ0n) is 16.2. The van der Waals surface area contributed by atoms with Gasteiger partial charge in [-0.05, 0) is 6.92 Å². The number of nitrogens with two attached hydrogens (primary N) is 1. The summed E-state index contributed by atoms with van der Waals surface area (Å²) in [4.78, 5) is 57.6. The Labute approximate surface area is 179 Å². The van der Waals surface area contributed by atoms with Crippen LogP contribution in [0.3, 0.4) is 0 Å². The molecule has 5 unspecified atom stereocenters. The highest BCUT2D eigenvalue weighted by Crippen LogP contribution is 2.61. The Bertz CT molecular complexity index is 1100. The van der Waals surface area contributed by atoms with Crippen molar-refractivity contribution >= 4 is 41.4 Å². The van der Waals surface area contributed by atoms with E-state index >= 15 is 0 Å². The molecule has 182 valence electrons. The van der Waals surface area contributed by atoms with Crippen LogP contribution in [-0.4, -0.2) is 75.2 Å². The van der Waals surface area contributed by atoms with Crippen molar-refractivity contribution in [3.05, 3.63) is 16.7 Å². The molecule has 9 N–H and O–H groups in total. The SMILES string of the molecule is COC(COP(=O)(O)OP(O)OP(=O)(O)O)C(O)C(C)(O)n1cnc2c(=O)[nH]c(N)nc21. The van der Waals surface area contributed by atoms with Crippen molar-refractivity contribution < 1.29 is 56.8 Å². The van der Waals surface area contributed by atoms with E-state index in [4.69, 9.17) is 20.3 Å². The van der Waals surface area contributed by atoms with Gasteiger partial charge in [-0.25, -0.2) is 22.7 Å². The number of rotatable bonds is 11. The summed E-state index contributed by atoms with van der Waals surface area (Å²) in [5.41, 5.74) is 2.10. The number of imidazole rings is 1. The van der Waals surface area contributed by atoms with Gasteiger partial charge in [0, 0.05) is 7.11 Å². The molecule has 2 heterocycles. The number of phosphoric ester groups is 1. The standard InChI is InChI=1S/C11H20N5O13P3/c1-11(19,16-4-13-6-8(16)14-10(12)15-9(6)18)7(17)5(26-2)3-27-32(24,25)29-30(20)28-31(21,22)23/h4-5,7,17,19-20H,3H2,1-2H3,(H,24,25)(H2,21,22,23)(H3,12,14,15,18). The van der Waals surface area contributed by atoms with Crippen LogP contribution in [0.15, 0.2) is 11.1 Å². The van der Waals surface area contributed by atoms with E-state index < -0.39 is 54.3 Å². The fourth-order valence-corrected chi connectivity index (χ4v) is 4.77. The van der Waals surface area contributed by atoms with E-state index in [1.807, 2.05) is 0 Å². The molecule has 0 spiro atoms. The molecule has 0 radical (unpaired) electrons. The van der Waals surface area contributed by atoms with E-state index in [0.29, 0.717) is 0 Å². The molecule has 0 amide bonds. The first-order valence-corrected chi connectivity index (χ1v) is 12.3. The van der Waals surface area contributed by atoms with Crippen molar-refractivity contribution in [2.45, 2.75) is 24.9 Å². The third kappa shape index (κ3) is 6.59. The van der Waals surface area contributed by atoms with Crippen LogP contribution in [-0.2, 0) is 32.7 Å². The molecule has 0 aliphatic rings. The number of phosphoric acid groups is 2. The lowest BCUT2D eigenvalue weighted by Gasteiger charge is -2.34. The molecule has 0 fully saturated rings. The molecule has 21 heteroatoms. The van der Waals surface area contributed by atoms with Gasteiger partial charge in [-0.3, -0.25) is 18.9 Å². The van der Waals surface area contributed by atoms with Crippen LogP contribution in [0.25, 0.3) is 11.2 Å². The van der Waals surface area contributed by atoms with E-state index in [9.17, 15) is 33.9 Å². The summed E-state index contributed by atoms with van der Waals surface area (Å²) in [6.45, 7) is 0.156. The number of aliphatic hydroxyl groups is 2. The van der Waals surface area contributed by atoms with Gasteiger partial charge in [-0.15, -0.1) is 0 Å². The number of nitrogen functional groups attached to an aromatic ring is 1. The monoisotopic (exact) mass is 523 g/mol. The second-order valence-corrected chi connectivity index (χ2v) is 10.2. The molecule has 0 saturated heterocycles. The van der Waals surface area contributed by atoms with Crippen LogP contribution >= 0.6 is 24.2 Å². The van der Waals surface area contributed by atoms with Crippen LogP contribution in [0.1, 0.15) is 6.92 Å². The largest absolute Gasteiger partial charge is 0.479 e. The molecule has 0 aliphatic heterocycles. The van der Waals surface area contributed by atoms with Gasteiger partial charge in [0.2, 0.25) is 5.95 Å². The lowest BCUT2D eigenvalue weighted by Crippen LogP contribution is -2.50. The number of fused-ring (bicyclic) bond motifs is 1. The van der Waals surface area contributed by atoms with Crippen molar-refractivity contribution in [2.75, 3.05) is 19.5 Å². The normalized spacial score (nSPS) is 19.2. The van der Waals surface area contributed by atoms with Crippen molar-refractivity contribution in [1.29, 1.82) is 0 Å². The number of ether oxygens (including phenoxy) is 1. The number of methoxy groups -OCH3 is 1. The van der Waals surface area contributed by atoms with Gasteiger partial charge in [-0.2, -0.15) is 4.98 Å². The molecular weight excluding hydrogens is 503 g/mol. The van der Waals surface area contributed by atoms with Crippen LogP contribution in [0.2, 0.25) is 0 Å². The zero-order chi connectivity index (χ0) is 24.5. The summed E-state index contributed by atoms with van der Waals surface area (Å²) in [5, 5.41) is 21.5. The quantitative estimate of drug-likeness (QED) is 0.151. The molecule has 0 bridgehead atoms. The van der Waals surface area contributed by atoms with E-state index in [0.717, 1.165) is 24.9 Å². The van der Waals surface area contributed by atoms with Crippen LogP contribution in [0, 0.1) is 0 Å². The van der Waals surface area contributed by atoms with Gasteiger partial charge in [0.1, 0.15) is 12.2 Å². The Kier molecular flexibility index (Phi) is 8.29. The third-order valence-corrected chi connectivity index (χ3v) is 7.15.